The van der Waals surface area contributed by atoms with Crippen LogP contribution in [0.4, 0.5) is 4.39 Å². The highest BCUT2D eigenvalue weighted by molar-refractivity contribution is 7.21. The van der Waals surface area contributed by atoms with Crippen molar-refractivity contribution >= 4 is 27.3 Å². The van der Waals surface area contributed by atoms with Gasteiger partial charge in [-0.1, -0.05) is 25.2 Å². The molecule has 0 unspecified atom stereocenters. The van der Waals surface area contributed by atoms with Crippen LogP contribution in [-0.4, -0.2) is 53.8 Å². The topological polar surface area (TPSA) is 141 Å². The average molecular weight is 588 g/mol. The molecule has 0 aliphatic carbocycles. The van der Waals surface area contributed by atoms with E-state index < -0.39 is 41.4 Å². The summed E-state index contributed by atoms with van der Waals surface area (Å²) in [5.74, 6) is -0.828. The second-order valence-electron chi connectivity index (χ2n) is 11.0. The van der Waals surface area contributed by atoms with Gasteiger partial charge in [-0.3, -0.25) is 14.2 Å². The van der Waals surface area contributed by atoms with Gasteiger partial charge >= 0.3 is 5.69 Å². The maximum Gasteiger partial charge on any atom is 0.333 e. The van der Waals surface area contributed by atoms with E-state index in [1.165, 1.54) is 54.8 Å². The second-order valence-corrected chi connectivity index (χ2v) is 11.9. The van der Waals surface area contributed by atoms with Gasteiger partial charge in [-0.15, -0.1) is 4.80 Å². The number of rotatable bonds is 11. The number of thiophene rings is 1. The number of aromatic nitrogens is 5. The smallest absolute Gasteiger partial charge is 0.333 e. The first-order valence-electron chi connectivity index (χ1n) is 13.1. The molecule has 2 N–H and O–H groups in total. The van der Waals surface area contributed by atoms with E-state index in [0.717, 1.165) is 22.0 Å². The lowest BCUT2D eigenvalue weighted by atomic mass is 9.89. The molecule has 0 aliphatic heterocycles. The highest BCUT2D eigenvalue weighted by Crippen LogP contribution is 2.37. The third-order valence-electron chi connectivity index (χ3n) is 7.23. The Bertz CT molecular complexity index is 1710. The summed E-state index contributed by atoms with van der Waals surface area (Å²) < 4.78 is 21.9. The Morgan fingerprint density at radius 2 is 1.85 bits per heavy atom. The number of carbonyl (C=O) groups excluding carboxylic acids is 1. The number of fused-ring (bicyclic) bond motifs is 1. The van der Waals surface area contributed by atoms with Gasteiger partial charge in [-0.2, -0.15) is 10.2 Å². The van der Waals surface area contributed by atoms with Crippen molar-refractivity contribution in [3.63, 3.8) is 0 Å². The van der Waals surface area contributed by atoms with Crippen LogP contribution in [0, 0.1) is 18.7 Å². The Hall–Kier alpha value is -3.68. The molecule has 0 saturated heterocycles. The fourth-order valence-electron chi connectivity index (χ4n) is 5.01. The quantitative estimate of drug-likeness (QED) is 0.273. The number of nitrogens with zero attached hydrogens (tertiary/aromatic N) is 5. The number of aliphatic hydroxyl groups is 2. The third-order valence-corrected chi connectivity index (χ3v) is 8.51. The SMILES string of the molecule is COc1ccc(F)cc1[C@@](O)(CCO)Cn1c(=O)n(C(C)(C)C(=O)CC(C)C)c(=O)c2c(C)c(-n3nccn3)sc21. The van der Waals surface area contributed by atoms with E-state index in [-0.39, 0.29) is 46.1 Å². The number of Topliss-reactive ketones (excluding diaryl/α,β-unsaturated/α-hetero) is 1. The first kappa shape index (κ1) is 30.3. The standard InChI is InChI=1S/C28H34FN5O6S/c1-16(2)13-21(36)27(4,5)33-23(37)22-17(3)24(34-30-10-11-31-34)41-25(22)32(26(33)38)15-28(39,9-12-35)19-14-18(29)7-8-20(19)40-6/h7-8,10-11,14,16,35,39H,9,12-13,15H2,1-6H3/t28-/m1/s1. The zero-order chi connectivity index (χ0) is 30.3. The normalized spacial score (nSPS) is 13.6. The molecule has 0 fully saturated rings. The van der Waals surface area contributed by atoms with Gasteiger partial charge in [0.05, 0.1) is 31.4 Å². The van der Waals surface area contributed by atoms with Gasteiger partial charge in [0.2, 0.25) is 0 Å². The van der Waals surface area contributed by atoms with Crippen molar-refractivity contribution in [3.05, 3.63) is 68.4 Å². The molecule has 4 aromatic rings. The molecule has 1 aromatic carbocycles. The third kappa shape index (κ3) is 5.36. The number of aliphatic hydroxyl groups excluding tert-OH is 1. The molecule has 0 spiro atoms. The molecule has 41 heavy (non-hydrogen) atoms. The zero-order valence-corrected chi connectivity index (χ0v) is 24.7. The highest BCUT2D eigenvalue weighted by Gasteiger charge is 2.39. The Morgan fingerprint density at radius 1 is 1.20 bits per heavy atom. The number of hydrogen-bond acceptors (Lipinski definition) is 9. The van der Waals surface area contributed by atoms with Crippen LogP contribution in [-0.2, 0) is 22.5 Å². The number of halogens is 1. The summed E-state index contributed by atoms with van der Waals surface area (Å²) in [5, 5.41) is 30.8. The predicted molar refractivity (Wildman–Crippen MR) is 152 cm³/mol. The summed E-state index contributed by atoms with van der Waals surface area (Å²) in [6, 6.07) is 3.60. The lowest BCUT2D eigenvalue weighted by molar-refractivity contribution is -0.127. The summed E-state index contributed by atoms with van der Waals surface area (Å²) in [6.45, 7) is 7.48. The average Bonchev–Trinajstić information content (AvgIpc) is 3.54. The molecule has 3 aromatic heterocycles. The number of ether oxygens (including phenoxy) is 1. The molecule has 1 atom stereocenters. The summed E-state index contributed by atoms with van der Waals surface area (Å²) in [5.41, 5.74) is -4.53. The number of ketones is 1. The molecule has 0 amide bonds. The van der Waals surface area contributed by atoms with E-state index >= 15 is 0 Å². The second kappa shape index (κ2) is 11.3. The van der Waals surface area contributed by atoms with Gasteiger partial charge in [0.15, 0.2) is 5.78 Å². The van der Waals surface area contributed by atoms with E-state index in [4.69, 9.17) is 4.74 Å². The molecule has 0 aliphatic rings. The van der Waals surface area contributed by atoms with Crippen molar-refractivity contribution in [2.75, 3.05) is 13.7 Å². The van der Waals surface area contributed by atoms with E-state index in [2.05, 4.69) is 10.2 Å². The van der Waals surface area contributed by atoms with Gasteiger partial charge in [0.1, 0.15) is 32.5 Å². The van der Waals surface area contributed by atoms with Gasteiger partial charge < -0.3 is 14.9 Å². The van der Waals surface area contributed by atoms with Crippen molar-refractivity contribution in [1.82, 2.24) is 24.1 Å². The molecule has 4 rings (SSSR count). The van der Waals surface area contributed by atoms with Crippen LogP contribution < -0.4 is 16.0 Å². The largest absolute Gasteiger partial charge is 0.496 e. The van der Waals surface area contributed by atoms with Gasteiger partial charge in [0.25, 0.3) is 5.56 Å². The fraction of sp³-hybridized carbons (Fsp3) is 0.464. The minimum Gasteiger partial charge on any atom is -0.496 e. The van der Waals surface area contributed by atoms with Crippen LogP contribution in [0.5, 0.6) is 5.75 Å². The minimum atomic E-state index is -2.00. The number of carbonyl (C=O) groups is 1. The Balaban J connectivity index is 2.09. The van der Waals surface area contributed by atoms with Crippen LogP contribution in [0.25, 0.3) is 15.2 Å². The maximum atomic E-state index is 14.4. The van der Waals surface area contributed by atoms with E-state index in [1.807, 2.05) is 13.8 Å². The van der Waals surface area contributed by atoms with Crippen molar-refractivity contribution < 1.29 is 24.1 Å². The van der Waals surface area contributed by atoms with Crippen LogP contribution >= 0.6 is 11.3 Å². The number of benzene rings is 1. The Kier molecular flexibility index (Phi) is 8.35. The van der Waals surface area contributed by atoms with Crippen LogP contribution in [0.3, 0.4) is 0 Å². The predicted octanol–water partition coefficient (Wildman–Crippen LogP) is 2.88. The van der Waals surface area contributed by atoms with Crippen molar-refractivity contribution in [2.24, 2.45) is 5.92 Å². The summed E-state index contributed by atoms with van der Waals surface area (Å²) >= 11 is 1.07. The van der Waals surface area contributed by atoms with E-state index in [1.54, 1.807) is 6.92 Å². The molecular weight excluding hydrogens is 553 g/mol. The van der Waals surface area contributed by atoms with Crippen molar-refractivity contribution in [3.8, 4) is 10.8 Å². The van der Waals surface area contributed by atoms with Crippen molar-refractivity contribution in [1.29, 1.82) is 0 Å². The molecule has 0 radical (unpaired) electrons. The number of hydrogen-bond donors (Lipinski definition) is 2. The molecular formula is C28H34FN5O6S. The van der Waals surface area contributed by atoms with Gasteiger partial charge in [-0.05, 0) is 44.9 Å². The van der Waals surface area contributed by atoms with Crippen LogP contribution in [0.2, 0.25) is 0 Å². The first-order valence-corrected chi connectivity index (χ1v) is 13.9. The molecule has 0 saturated carbocycles. The zero-order valence-electron chi connectivity index (χ0n) is 23.8. The van der Waals surface area contributed by atoms with Crippen LogP contribution in [0.1, 0.15) is 51.7 Å². The Labute approximate surface area is 239 Å². The van der Waals surface area contributed by atoms with E-state index in [0.29, 0.717) is 10.6 Å². The van der Waals surface area contributed by atoms with Crippen LogP contribution in [0.15, 0.2) is 40.2 Å². The molecule has 0 bridgehead atoms. The number of aryl methyl sites for hydroxylation is 1. The lowest BCUT2D eigenvalue weighted by Crippen LogP contribution is -2.53. The maximum absolute atomic E-state index is 14.4. The highest BCUT2D eigenvalue weighted by atomic mass is 32.1. The first-order chi connectivity index (χ1) is 19.3. The molecule has 3 heterocycles. The van der Waals surface area contributed by atoms with Crippen molar-refractivity contribution in [2.45, 2.75) is 65.1 Å². The molecule has 11 nitrogen and oxygen atoms in total. The lowest BCUT2D eigenvalue weighted by Gasteiger charge is -2.32. The summed E-state index contributed by atoms with van der Waals surface area (Å²) in [6.07, 6.45) is 2.79. The molecule has 220 valence electrons. The number of methoxy groups -OCH3 is 1. The Morgan fingerprint density at radius 3 is 2.44 bits per heavy atom. The summed E-state index contributed by atoms with van der Waals surface area (Å²) in [7, 11) is 1.36. The monoisotopic (exact) mass is 587 g/mol. The molecule has 13 heteroatoms. The van der Waals surface area contributed by atoms with Gasteiger partial charge in [-0.25, -0.2) is 13.8 Å². The fourth-order valence-corrected chi connectivity index (χ4v) is 6.22. The summed E-state index contributed by atoms with van der Waals surface area (Å²) in [4.78, 5) is 43.2. The minimum absolute atomic E-state index is 0.0149. The van der Waals surface area contributed by atoms with E-state index in [9.17, 15) is 29.0 Å². The van der Waals surface area contributed by atoms with Gasteiger partial charge in [0, 0.05) is 30.6 Å².